The molecule has 14 heavy (non-hydrogen) atoms. The molecule has 0 aliphatic rings. The van der Waals surface area contributed by atoms with Crippen LogP contribution in [0.25, 0.3) is 0 Å². The normalized spacial score (nSPS) is 11.6. The molecule has 0 aromatic heterocycles. The molecule has 0 unspecified atom stereocenters. The van der Waals surface area contributed by atoms with Gasteiger partial charge in [0.15, 0.2) is 11.5 Å². The van der Waals surface area contributed by atoms with E-state index < -0.39 is 0 Å². The summed E-state index contributed by atoms with van der Waals surface area (Å²) in [7, 11) is 0. The fourth-order valence-corrected chi connectivity index (χ4v) is 1.08. The van der Waals surface area contributed by atoms with Gasteiger partial charge in [-0.15, -0.1) is 0 Å². The highest BCUT2D eigenvalue weighted by molar-refractivity contribution is 9.09. The van der Waals surface area contributed by atoms with Gasteiger partial charge in [-0.25, -0.2) is 0 Å². The van der Waals surface area contributed by atoms with Gasteiger partial charge in [-0.05, 0) is 25.5 Å². The second kappa shape index (κ2) is 8.88. The van der Waals surface area contributed by atoms with Gasteiger partial charge in [0.1, 0.15) is 0 Å². The summed E-state index contributed by atoms with van der Waals surface area (Å²) >= 11 is 3.33. The number of hydrogen-bond acceptors (Lipinski definition) is 2. The topological polar surface area (TPSA) is 18.5 Å². The van der Waals surface area contributed by atoms with Crippen LogP contribution in [0.5, 0.6) is 0 Å². The van der Waals surface area contributed by atoms with Crippen LogP contribution >= 0.6 is 15.9 Å². The second-order valence-electron chi connectivity index (χ2n) is 2.46. The van der Waals surface area contributed by atoms with Gasteiger partial charge in [-0.3, -0.25) is 0 Å². The van der Waals surface area contributed by atoms with Crippen LogP contribution in [0, 0.1) is 0 Å². The summed E-state index contributed by atoms with van der Waals surface area (Å²) < 4.78 is 10.8. The van der Waals surface area contributed by atoms with Crippen LogP contribution in [-0.4, -0.2) is 18.5 Å². The van der Waals surface area contributed by atoms with Crippen LogP contribution in [0.15, 0.2) is 36.8 Å². The first-order chi connectivity index (χ1) is 6.79. The van der Waals surface area contributed by atoms with Gasteiger partial charge in [-0.1, -0.05) is 29.1 Å². The molecule has 0 fully saturated rings. The lowest BCUT2D eigenvalue weighted by molar-refractivity contribution is 0.177. The largest absolute Gasteiger partial charge is 0.490 e. The maximum atomic E-state index is 5.47. The summed E-state index contributed by atoms with van der Waals surface area (Å²) in [6, 6.07) is 0. The van der Waals surface area contributed by atoms with Crippen molar-refractivity contribution in [2.75, 3.05) is 18.5 Å². The molecule has 0 saturated heterocycles. The van der Waals surface area contributed by atoms with E-state index in [9.17, 15) is 0 Å². The van der Waals surface area contributed by atoms with Crippen molar-refractivity contribution in [3.05, 3.63) is 36.8 Å². The summed E-state index contributed by atoms with van der Waals surface area (Å²) in [5, 5.41) is 0.926. The average molecular weight is 261 g/mol. The molecule has 0 bridgehead atoms. The van der Waals surface area contributed by atoms with Crippen LogP contribution in [0.2, 0.25) is 0 Å². The number of hydrogen-bond donors (Lipinski definition) is 0. The number of allylic oxidation sites excluding steroid dienone is 2. The Balaban J connectivity index is 4.29. The molecule has 3 heteroatoms. The molecule has 0 N–H and O–H groups in total. The van der Waals surface area contributed by atoms with Gasteiger partial charge >= 0.3 is 0 Å². The van der Waals surface area contributed by atoms with E-state index in [2.05, 4.69) is 29.1 Å². The lowest BCUT2D eigenvalue weighted by Crippen LogP contribution is -1.99. The van der Waals surface area contributed by atoms with Crippen molar-refractivity contribution in [3.63, 3.8) is 0 Å². The zero-order chi connectivity index (χ0) is 10.8. The highest BCUT2D eigenvalue weighted by Gasteiger charge is 2.01. The van der Waals surface area contributed by atoms with E-state index in [1.807, 2.05) is 6.92 Å². The molecule has 0 rings (SSSR count). The molecule has 80 valence electrons. The average Bonchev–Trinajstić information content (AvgIpc) is 2.22. The Bertz CT molecular complexity index is 209. The van der Waals surface area contributed by atoms with Crippen LogP contribution in [0.1, 0.15) is 13.3 Å². The predicted octanol–water partition coefficient (Wildman–Crippen LogP) is 3.41. The standard InChI is InChI=1S/C11H17BrO2/c1-4-10(13-6-3)11(5-2)14-9-7-8-12/h4-5H,1-2,6-9H2,3H3/b11-10-. The van der Waals surface area contributed by atoms with Crippen molar-refractivity contribution in [2.45, 2.75) is 13.3 Å². The zero-order valence-corrected chi connectivity index (χ0v) is 10.2. The third kappa shape index (κ3) is 5.12. The minimum absolute atomic E-state index is 0.598. The molecule has 0 heterocycles. The molecule has 0 aromatic rings. The third-order valence-corrected chi connectivity index (χ3v) is 2.01. The van der Waals surface area contributed by atoms with Crippen LogP contribution in [-0.2, 0) is 9.47 Å². The molecule has 0 aliphatic carbocycles. The first-order valence-corrected chi connectivity index (χ1v) is 5.73. The minimum Gasteiger partial charge on any atom is -0.490 e. The Kier molecular flexibility index (Phi) is 8.43. The number of rotatable bonds is 8. The first kappa shape index (κ1) is 13.3. The Morgan fingerprint density at radius 2 is 1.79 bits per heavy atom. The molecule has 0 saturated carbocycles. The van der Waals surface area contributed by atoms with E-state index in [1.54, 1.807) is 12.2 Å². The van der Waals surface area contributed by atoms with Crippen molar-refractivity contribution >= 4 is 15.9 Å². The van der Waals surface area contributed by atoms with E-state index in [0.717, 1.165) is 11.8 Å². The van der Waals surface area contributed by atoms with Gasteiger partial charge in [0.05, 0.1) is 13.2 Å². The number of ether oxygens (including phenoxy) is 2. The van der Waals surface area contributed by atoms with Crippen LogP contribution in [0.3, 0.4) is 0 Å². The monoisotopic (exact) mass is 260 g/mol. The van der Waals surface area contributed by atoms with Gasteiger partial charge < -0.3 is 9.47 Å². The molecule has 0 atom stereocenters. The molecule has 0 spiro atoms. The smallest absolute Gasteiger partial charge is 0.160 e. The minimum atomic E-state index is 0.598. The fraction of sp³-hybridized carbons (Fsp3) is 0.455. The molecule has 0 amide bonds. The maximum Gasteiger partial charge on any atom is 0.160 e. The van der Waals surface area contributed by atoms with E-state index in [1.165, 1.54) is 0 Å². The Morgan fingerprint density at radius 1 is 1.21 bits per heavy atom. The predicted molar refractivity (Wildman–Crippen MR) is 63.4 cm³/mol. The highest BCUT2D eigenvalue weighted by Crippen LogP contribution is 2.11. The lowest BCUT2D eigenvalue weighted by Gasteiger charge is -2.10. The Labute approximate surface area is 94.4 Å². The van der Waals surface area contributed by atoms with Crippen molar-refractivity contribution in [1.29, 1.82) is 0 Å². The van der Waals surface area contributed by atoms with Crippen molar-refractivity contribution in [1.82, 2.24) is 0 Å². The Hall–Kier alpha value is -0.700. The molecule has 0 radical (unpaired) electrons. The van der Waals surface area contributed by atoms with E-state index >= 15 is 0 Å². The van der Waals surface area contributed by atoms with E-state index in [0.29, 0.717) is 24.7 Å². The number of halogens is 1. The molecular weight excluding hydrogens is 244 g/mol. The summed E-state index contributed by atoms with van der Waals surface area (Å²) in [4.78, 5) is 0. The second-order valence-corrected chi connectivity index (χ2v) is 3.25. The van der Waals surface area contributed by atoms with Gasteiger partial charge in [0.25, 0.3) is 0 Å². The van der Waals surface area contributed by atoms with Gasteiger partial charge in [0, 0.05) is 5.33 Å². The maximum absolute atomic E-state index is 5.47. The molecule has 0 aromatic carbocycles. The zero-order valence-electron chi connectivity index (χ0n) is 8.59. The summed E-state index contributed by atoms with van der Waals surface area (Å²) in [6.07, 6.45) is 4.23. The van der Waals surface area contributed by atoms with Gasteiger partial charge in [0.2, 0.25) is 0 Å². The summed E-state index contributed by atoms with van der Waals surface area (Å²) in [5.74, 6) is 1.31. The third-order valence-electron chi connectivity index (χ3n) is 1.45. The molecule has 2 nitrogen and oxygen atoms in total. The SMILES string of the molecule is C=C/C(OCC)=C(\C=C)OCCCBr. The first-order valence-electron chi connectivity index (χ1n) is 4.60. The quantitative estimate of drug-likeness (QED) is 0.288. The van der Waals surface area contributed by atoms with Crippen molar-refractivity contribution < 1.29 is 9.47 Å². The van der Waals surface area contributed by atoms with E-state index in [4.69, 9.17) is 9.47 Å². The summed E-state index contributed by atoms with van der Waals surface area (Å²) in [6.45, 7) is 10.5. The van der Waals surface area contributed by atoms with Crippen molar-refractivity contribution in [2.24, 2.45) is 0 Å². The highest BCUT2D eigenvalue weighted by atomic mass is 79.9. The van der Waals surface area contributed by atoms with Gasteiger partial charge in [-0.2, -0.15) is 0 Å². The molecule has 0 aliphatic heterocycles. The van der Waals surface area contributed by atoms with Crippen LogP contribution in [0.4, 0.5) is 0 Å². The van der Waals surface area contributed by atoms with E-state index in [-0.39, 0.29) is 0 Å². The Morgan fingerprint density at radius 3 is 2.21 bits per heavy atom. The molecular formula is C11H17BrO2. The lowest BCUT2D eigenvalue weighted by atomic mass is 10.3. The fourth-order valence-electron chi connectivity index (χ4n) is 0.853. The summed E-state index contributed by atoms with van der Waals surface area (Å²) in [5.41, 5.74) is 0. The van der Waals surface area contributed by atoms with Crippen LogP contribution < -0.4 is 0 Å². The number of alkyl halides is 1. The van der Waals surface area contributed by atoms with Crippen molar-refractivity contribution in [3.8, 4) is 0 Å².